The summed E-state index contributed by atoms with van der Waals surface area (Å²) in [5.41, 5.74) is 19.0. The number of nitrogens with one attached hydrogen (secondary N) is 4. The first kappa shape index (κ1) is 65.5. The van der Waals surface area contributed by atoms with Crippen LogP contribution < -0.4 is 33.0 Å². The third-order valence-electron chi connectivity index (χ3n) is 13.1. The van der Waals surface area contributed by atoms with Crippen LogP contribution in [-0.2, 0) is 9.59 Å². The fraction of sp³-hybridized carbons (Fsp3) is 0.962. The topological polar surface area (TPSA) is 222 Å². The Morgan fingerprint density at radius 3 is 1.22 bits per heavy atom. The van der Waals surface area contributed by atoms with Crippen LogP contribution in [0.3, 0.4) is 0 Å². The Labute approximate surface area is 412 Å². The zero-order chi connectivity index (χ0) is 49.4. The third-order valence-corrected chi connectivity index (χ3v) is 13.1. The van der Waals surface area contributed by atoms with Crippen molar-refractivity contribution in [2.75, 3.05) is 65.4 Å². The molecule has 0 spiro atoms. The molecule has 0 unspecified atom stereocenters. The molecule has 0 aliphatic rings. The molecule has 0 saturated heterocycles. The summed E-state index contributed by atoms with van der Waals surface area (Å²) in [5, 5.41) is 49.2. The van der Waals surface area contributed by atoms with Gasteiger partial charge in [0.2, 0.25) is 5.91 Å². The van der Waals surface area contributed by atoms with Crippen LogP contribution in [0.2, 0.25) is 0 Å². The van der Waals surface area contributed by atoms with E-state index in [4.69, 9.17) is 11.5 Å². The van der Waals surface area contributed by atoms with Gasteiger partial charge in [0.15, 0.2) is 6.10 Å². The number of carbonyl (C=O) groups is 2. The molecule has 400 valence electrons. The third kappa shape index (κ3) is 42.0. The summed E-state index contributed by atoms with van der Waals surface area (Å²) < 4.78 is 0. The molecule has 4 atom stereocenters. The fourth-order valence-electron chi connectivity index (χ4n) is 8.65. The van der Waals surface area contributed by atoms with E-state index in [1.54, 1.807) is 0 Å². The Hall–Kier alpha value is -1.46. The molecule has 0 aliphatic carbocycles. The van der Waals surface area contributed by atoms with Crippen molar-refractivity contribution >= 4 is 11.8 Å². The average Bonchev–Trinajstić information content (AvgIpc) is 3.32. The first-order chi connectivity index (χ1) is 32.6. The van der Waals surface area contributed by atoms with Gasteiger partial charge in [-0.25, -0.2) is 10.0 Å². The normalized spacial score (nSPS) is 13.7. The number of hydrogen-bond acceptors (Lipinski definition) is 12. The Morgan fingerprint density at radius 1 is 0.463 bits per heavy atom. The van der Waals surface area contributed by atoms with Gasteiger partial charge in [-0.3, -0.25) is 20.4 Å². The van der Waals surface area contributed by atoms with Gasteiger partial charge in [-0.15, -0.1) is 0 Å². The fourth-order valence-corrected chi connectivity index (χ4v) is 8.65. The lowest BCUT2D eigenvalue weighted by Gasteiger charge is -2.32. The molecule has 0 saturated carbocycles. The van der Waals surface area contributed by atoms with Gasteiger partial charge in [-0.1, -0.05) is 168 Å². The molecule has 2 amide bonds. The molecule has 0 fully saturated rings. The Balaban J connectivity index is 3.83. The van der Waals surface area contributed by atoms with Gasteiger partial charge < -0.3 is 42.5 Å². The van der Waals surface area contributed by atoms with E-state index in [9.17, 15) is 30.0 Å². The van der Waals surface area contributed by atoms with Gasteiger partial charge in [-0.2, -0.15) is 0 Å². The van der Waals surface area contributed by atoms with Crippen molar-refractivity contribution in [3.05, 3.63) is 0 Å². The van der Waals surface area contributed by atoms with Gasteiger partial charge in [0.25, 0.3) is 5.91 Å². The Bertz CT molecular complexity index is 1040. The van der Waals surface area contributed by atoms with E-state index in [1.165, 1.54) is 161 Å². The first-order valence-corrected chi connectivity index (χ1v) is 28.2. The van der Waals surface area contributed by atoms with E-state index in [1.807, 2.05) is 0 Å². The molecule has 14 heteroatoms. The molecule has 0 aliphatic heterocycles. The standard InChI is InChI=1S/C53H112N8O6/c1-4-6-43-60(58-41-33-37-54)45-48(46-61(44-7-5-2)59-42-34-38-55)35-29-26-28-31-39-56-49(63)36-30-25-23-21-19-17-15-13-11-9-8-10-12-14-16-18-20-22-24-27-32-40-57-53(67)52(66)51(65)50(64)47(3)62/h47-48,50-52,58-59,62,64-66H,4-46,54-55H2,1-3H3,(H,56,63)(H,57,67)/t47-,50-,51+,52-/m1/s1. The predicted molar refractivity (Wildman–Crippen MR) is 280 cm³/mol. The lowest BCUT2D eigenvalue weighted by atomic mass is 9.99. The highest BCUT2D eigenvalue weighted by atomic mass is 16.4. The van der Waals surface area contributed by atoms with Crippen molar-refractivity contribution in [1.29, 1.82) is 0 Å². The first-order valence-electron chi connectivity index (χ1n) is 28.2. The van der Waals surface area contributed by atoms with Crippen molar-refractivity contribution in [3.63, 3.8) is 0 Å². The van der Waals surface area contributed by atoms with Crippen LogP contribution in [0.25, 0.3) is 0 Å². The molecule has 0 rings (SSSR count). The van der Waals surface area contributed by atoms with Crippen molar-refractivity contribution in [2.45, 2.75) is 257 Å². The van der Waals surface area contributed by atoms with E-state index in [0.29, 0.717) is 18.9 Å². The van der Waals surface area contributed by atoms with E-state index < -0.39 is 30.3 Å². The largest absolute Gasteiger partial charge is 0.391 e. The van der Waals surface area contributed by atoms with Gasteiger partial charge >= 0.3 is 0 Å². The second-order valence-electron chi connectivity index (χ2n) is 19.8. The monoisotopic (exact) mass is 957 g/mol. The molecule has 0 bridgehead atoms. The lowest BCUT2D eigenvalue weighted by Crippen LogP contribution is -2.50. The zero-order valence-corrected chi connectivity index (χ0v) is 43.9. The lowest BCUT2D eigenvalue weighted by molar-refractivity contribution is -0.145. The van der Waals surface area contributed by atoms with Crippen molar-refractivity contribution in [3.8, 4) is 0 Å². The molecule has 14 nitrogen and oxygen atoms in total. The molecule has 67 heavy (non-hydrogen) atoms. The maximum atomic E-state index is 12.5. The highest BCUT2D eigenvalue weighted by molar-refractivity contribution is 5.81. The summed E-state index contributed by atoms with van der Waals surface area (Å²) in [5.74, 6) is 0.0743. The van der Waals surface area contributed by atoms with Crippen LogP contribution in [0.4, 0.5) is 0 Å². The highest BCUT2D eigenvalue weighted by Gasteiger charge is 2.32. The summed E-state index contributed by atoms with van der Waals surface area (Å²) in [6, 6.07) is 0. The van der Waals surface area contributed by atoms with Crippen LogP contribution in [0.5, 0.6) is 0 Å². The summed E-state index contributed by atoms with van der Waals surface area (Å²) in [6.45, 7) is 14.6. The van der Waals surface area contributed by atoms with E-state index in [2.05, 4.69) is 45.4 Å². The minimum absolute atomic E-state index is 0.225. The molecular formula is C53H112N8O6. The van der Waals surface area contributed by atoms with Gasteiger partial charge in [0.05, 0.1) is 6.10 Å². The Morgan fingerprint density at radius 2 is 0.836 bits per heavy atom. The van der Waals surface area contributed by atoms with E-state index in [0.717, 1.165) is 110 Å². The molecule has 0 aromatic heterocycles. The van der Waals surface area contributed by atoms with E-state index in [-0.39, 0.29) is 5.91 Å². The molecule has 0 aromatic carbocycles. The number of amides is 2. The number of carbonyl (C=O) groups excluding carboxylic acids is 2. The maximum Gasteiger partial charge on any atom is 0.251 e. The van der Waals surface area contributed by atoms with Gasteiger partial charge in [-0.05, 0) is 77.3 Å². The number of rotatable bonds is 53. The smallest absolute Gasteiger partial charge is 0.251 e. The van der Waals surface area contributed by atoms with Crippen LogP contribution in [-0.4, -0.2) is 132 Å². The number of nitrogens with zero attached hydrogens (tertiary/aromatic N) is 2. The molecular weight excluding hydrogens is 845 g/mol. The predicted octanol–water partition coefficient (Wildman–Crippen LogP) is 7.74. The minimum Gasteiger partial charge on any atom is -0.391 e. The minimum atomic E-state index is -1.76. The average molecular weight is 958 g/mol. The maximum absolute atomic E-state index is 12.5. The zero-order valence-electron chi connectivity index (χ0n) is 43.9. The van der Waals surface area contributed by atoms with Crippen LogP contribution in [0.1, 0.15) is 233 Å². The van der Waals surface area contributed by atoms with Gasteiger partial charge in [0, 0.05) is 58.8 Å². The summed E-state index contributed by atoms with van der Waals surface area (Å²) >= 11 is 0. The number of aliphatic hydroxyl groups is 4. The summed E-state index contributed by atoms with van der Waals surface area (Å²) in [6.07, 6.45) is 33.2. The quantitative estimate of drug-likeness (QED) is 0.0209. The summed E-state index contributed by atoms with van der Waals surface area (Å²) in [4.78, 5) is 24.4. The van der Waals surface area contributed by atoms with Crippen LogP contribution in [0, 0.1) is 5.92 Å². The van der Waals surface area contributed by atoms with E-state index >= 15 is 0 Å². The van der Waals surface area contributed by atoms with Crippen LogP contribution >= 0.6 is 0 Å². The molecule has 0 aromatic rings. The highest BCUT2D eigenvalue weighted by Crippen LogP contribution is 2.17. The number of nitrogens with two attached hydrogens (primary N) is 2. The molecule has 12 N–H and O–H groups in total. The Kier molecular flexibility index (Phi) is 48.4. The van der Waals surface area contributed by atoms with Crippen molar-refractivity contribution in [1.82, 2.24) is 31.5 Å². The SMILES string of the molecule is CCCCN(CC(CCCCCCNC(=O)CCCCCCCCCCCCCCCCCCCCCCCNC(=O)[C@H](O)[C@@H](O)[C@H](O)[C@@H](C)O)CN(CCCC)NCCCN)NCCCN. The molecule has 0 radical (unpaired) electrons. The van der Waals surface area contributed by atoms with Gasteiger partial charge in [0.1, 0.15) is 12.2 Å². The summed E-state index contributed by atoms with van der Waals surface area (Å²) in [7, 11) is 0. The number of aliphatic hydroxyl groups excluding tert-OH is 4. The van der Waals surface area contributed by atoms with Crippen molar-refractivity contribution in [2.24, 2.45) is 17.4 Å². The second-order valence-corrected chi connectivity index (χ2v) is 19.8. The molecule has 0 heterocycles. The van der Waals surface area contributed by atoms with Crippen LogP contribution in [0.15, 0.2) is 0 Å². The number of hydrogen-bond donors (Lipinski definition) is 10. The number of unbranched alkanes of at least 4 members (excludes halogenated alkanes) is 25. The number of hydrazine groups is 2. The second kappa shape index (κ2) is 49.5. The van der Waals surface area contributed by atoms with Crippen molar-refractivity contribution < 1.29 is 30.0 Å².